The summed E-state index contributed by atoms with van der Waals surface area (Å²) in [5.41, 5.74) is -1.35. The highest BCUT2D eigenvalue weighted by Gasteiger charge is 2.51. The maximum absolute atomic E-state index is 13.6. The Kier molecular flexibility index (Phi) is 5.42. The molecule has 3 aromatic rings. The summed E-state index contributed by atoms with van der Waals surface area (Å²) >= 11 is 5.79. The number of nitrogens with one attached hydrogen (secondary N) is 2. The van der Waals surface area contributed by atoms with Crippen LogP contribution >= 0.6 is 11.6 Å². The lowest BCUT2D eigenvalue weighted by Crippen LogP contribution is -2.52. The molecule has 2 amide bonds. The van der Waals surface area contributed by atoms with Crippen molar-refractivity contribution >= 4 is 40.0 Å². The number of H-pyrrole nitrogens is 1. The molecule has 0 spiro atoms. The van der Waals surface area contributed by atoms with Crippen LogP contribution in [0.2, 0.25) is 5.02 Å². The summed E-state index contributed by atoms with van der Waals surface area (Å²) in [6, 6.07) is 9.69. The molecular weight excluding hydrogens is 447 g/mol. The van der Waals surface area contributed by atoms with Crippen molar-refractivity contribution < 1.29 is 27.9 Å². The Morgan fingerprint density at radius 1 is 1.28 bits per heavy atom. The number of hydrogen-bond acceptors (Lipinski definition) is 3. The zero-order valence-electron chi connectivity index (χ0n) is 16.9. The zero-order chi connectivity index (χ0) is 23.3. The SMILES string of the molecule is CC(F)(F)c1cc2cc(N3CC[C@](O)(C(=O)NCc4cc(F)cc(Cl)c4)C3=O)ccc2[nH]1. The number of fused-ring (bicyclic) bond motifs is 1. The Hall–Kier alpha value is -3.04. The summed E-state index contributed by atoms with van der Waals surface area (Å²) in [7, 11) is 0. The highest BCUT2D eigenvalue weighted by Crippen LogP contribution is 2.33. The average Bonchev–Trinajstić information content (AvgIpc) is 3.27. The van der Waals surface area contributed by atoms with Crippen molar-refractivity contribution in [1.29, 1.82) is 0 Å². The lowest BCUT2D eigenvalue weighted by atomic mass is 10.0. The van der Waals surface area contributed by atoms with Crippen LogP contribution in [0, 0.1) is 5.82 Å². The van der Waals surface area contributed by atoms with Crippen molar-refractivity contribution in [2.75, 3.05) is 11.4 Å². The van der Waals surface area contributed by atoms with Crippen molar-refractivity contribution in [2.24, 2.45) is 0 Å². The molecule has 1 atom stereocenters. The number of halogens is 4. The minimum atomic E-state index is -3.05. The quantitative estimate of drug-likeness (QED) is 0.500. The molecule has 4 rings (SSSR count). The fourth-order valence-electron chi connectivity index (χ4n) is 3.73. The van der Waals surface area contributed by atoms with E-state index in [2.05, 4.69) is 10.3 Å². The van der Waals surface area contributed by atoms with Crippen LogP contribution < -0.4 is 10.2 Å². The Morgan fingerprint density at radius 2 is 2.03 bits per heavy atom. The van der Waals surface area contributed by atoms with Crippen LogP contribution in [0.4, 0.5) is 18.9 Å². The van der Waals surface area contributed by atoms with Gasteiger partial charge in [0.2, 0.25) is 5.60 Å². The van der Waals surface area contributed by atoms with E-state index in [1.54, 1.807) is 12.1 Å². The second-order valence-corrected chi connectivity index (χ2v) is 8.31. The van der Waals surface area contributed by atoms with Gasteiger partial charge in [-0.25, -0.2) is 13.2 Å². The molecule has 0 radical (unpaired) electrons. The molecule has 2 aromatic carbocycles. The van der Waals surface area contributed by atoms with E-state index < -0.39 is 29.2 Å². The smallest absolute Gasteiger partial charge is 0.284 e. The first kappa shape index (κ1) is 22.2. The van der Waals surface area contributed by atoms with Crippen LogP contribution in [-0.2, 0) is 22.1 Å². The van der Waals surface area contributed by atoms with Crippen LogP contribution in [0.5, 0.6) is 0 Å². The van der Waals surface area contributed by atoms with Gasteiger partial charge in [0.25, 0.3) is 17.7 Å². The largest absolute Gasteiger partial charge is 0.372 e. The Labute approximate surface area is 186 Å². The normalized spacial score (nSPS) is 19.1. The molecule has 1 saturated heterocycles. The van der Waals surface area contributed by atoms with E-state index in [-0.39, 0.29) is 30.2 Å². The number of carbonyl (C=O) groups is 2. The van der Waals surface area contributed by atoms with Crippen molar-refractivity contribution in [3.05, 3.63) is 64.6 Å². The van der Waals surface area contributed by atoms with E-state index in [1.807, 2.05) is 0 Å². The molecule has 10 heteroatoms. The monoisotopic (exact) mass is 465 g/mol. The van der Waals surface area contributed by atoms with Gasteiger partial charge in [-0.3, -0.25) is 9.59 Å². The molecule has 6 nitrogen and oxygen atoms in total. The average molecular weight is 466 g/mol. The second-order valence-electron chi connectivity index (χ2n) is 7.87. The molecular formula is C22H19ClF3N3O3. The minimum Gasteiger partial charge on any atom is -0.372 e. The standard InChI is InChI=1S/C22H19ClF3N3O3/c1-21(25,26)18-9-13-8-16(2-3-17(13)28-18)29-5-4-22(32,20(29)31)19(30)27-11-12-6-14(23)10-15(24)7-12/h2-3,6-10,28,32H,4-5,11H2,1H3,(H,27,30)/t22-/m0/s1. The van der Waals surface area contributed by atoms with Gasteiger partial charge in [0.05, 0.1) is 5.69 Å². The van der Waals surface area contributed by atoms with Gasteiger partial charge in [0.1, 0.15) is 5.82 Å². The highest BCUT2D eigenvalue weighted by molar-refractivity contribution is 6.30. The third-order valence-corrected chi connectivity index (χ3v) is 5.65. The second kappa shape index (κ2) is 7.83. The molecule has 0 aliphatic carbocycles. The van der Waals surface area contributed by atoms with Crippen LogP contribution in [-0.4, -0.2) is 34.1 Å². The van der Waals surface area contributed by atoms with Gasteiger partial charge in [-0.2, -0.15) is 0 Å². The molecule has 2 heterocycles. The van der Waals surface area contributed by atoms with Crippen molar-refractivity contribution in [3.8, 4) is 0 Å². The van der Waals surface area contributed by atoms with Gasteiger partial charge in [-0.1, -0.05) is 11.6 Å². The number of carbonyl (C=O) groups excluding carboxylic acids is 2. The third-order valence-electron chi connectivity index (χ3n) is 5.44. The fourth-order valence-corrected chi connectivity index (χ4v) is 3.97. The molecule has 168 valence electrons. The van der Waals surface area contributed by atoms with Crippen LogP contribution in [0.3, 0.4) is 0 Å². The first-order chi connectivity index (χ1) is 15.0. The number of aromatic amines is 1. The molecule has 0 unspecified atom stereocenters. The summed E-state index contributed by atoms with van der Waals surface area (Å²) in [5.74, 6) is -5.37. The summed E-state index contributed by atoms with van der Waals surface area (Å²) in [6.07, 6.45) is -0.162. The molecule has 32 heavy (non-hydrogen) atoms. The Bertz CT molecular complexity index is 1200. The maximum atomic E-state index is 13.6. The van der Waals surface area contributed by atoms with Gasteiger partial charge < -0.3 is 20.3 Å². The minimum absolute atomic E-state index is 0.0568. The summed E-state index contributed by atoms with van der Waals surface area (Å²) in [4.78, 5) is 29.4. The van der Waals surface area contributed by atoms with Gasteiger partial charge in [-0.05, 0) is 48.0 Å². The lowest BCUT2D eigenvalue weighted by Gasteiger charge is -2.22. The summed E-state index contributed by atoms with van der Waals surface area (Å²) in [5, 5.41) is 13.8. The van der Waals surface area contributed by atoms with E-state index in [0.29, 0.717) is 22.2 Å². The lowest BCUT2D eigenvalue weighted by molar-refractivity contribution is -0.149. The van der Waals surface area contributed by atoms with Crippen molar-refractivity contribution in [3.63, 3.8) is 0 Å². The maximum Gasteiger partial charge on any atom is 0.284 e. The van der Waals surface area contributed by atoms with E-state index in [9.17, 15) is 27.9 Å². The molecule has 1 aliphatic heterocycles. The van der Waals surface area contributed by atoms with Crippen molar-refractivity contribution in [2.45, 2.75) is 31.4 Å². The first-order valence-corrected chi connectivity index (χ1v) is 10.1. The van der Waals surface area contributed by atoms with Crippen LogP contribution in [0.25, 0.3) is 10.9 Å². The predicted molar refractivity (Wildman–Crippen MR) is 113 cm³/mol. The number of aromatic nitrogens is 1. The number of anilines is 1. The molecule has 1 aliphatic rings. The molecule has 3 N–H and O–H groups in total. The molecule has 1 fully saturated rings. The molecule has 1 aromatic heterocycles. The van der Waals surface area contributed by atoms with Gasteiger partial charge in [0, 0.05) is 48.0 Å². The number of benzene rings is 2. The molecule has 0 saturated carbocycles. The highest BCUT2D eigenvalue weighted by atomic mass is 35.5. The number of nitrogens with zero attached hydrogens (tertiary/aromatic N) is 1. The predicted octanol–water partition coefficient (Wildman–Crippen LogP) is 3.86. The number of rotatable bonds is 5. The van der Waals surface area contributed by atoms with Crippen LogP contribution in [0.1, 0.15) is 24.6 Å². The van der Waals surface area contributed by atoms with Gasteiger partial charge >= 0.3 is 0 Å². The Balaban J connectivity index is 1.51. The topological polar surface area (TPSA) is 85.4 Å². The van der Waals surface area contributed by atoms with Gasteiger partial charge in [-0.15, -0.1) is 0 Å². The number of aliphatic hydroxyl groups is 1. The number of amides is 2. The van der Waals surface area contributed by atoms with E-state index >= 15 is 0 Å². The van der Waals surface area contributed by atoms with Gasteiger partial charge in [0.15, 0.2) is 0 Å². The summed E-state index contributed by atoms with van der Waals surface area (Å²) in [6.45, 7) is 0.704. The molecule has 0 bridgehead atoms. The van der Waals surface area contributed by atoms with E-state index in [0.717, 1.165) is 13.0 Å². The summed E-state index contributed by atoms with van der Waals surface area (Å²) < 4.78 is 40.6. The van der Waals surface area contributed by atoms with Crippen molar-refractivity contribution in [1.82, 2.24) is 10.3 Å². The van der Waals surface area contributed by atoms with E-state index in [4.69, 9.17) is 11.6 Å². The third kappa shape index (κ3) is 4.05. The van der Waals surface area contributed by atoms with E-state index in [1.165, 1.54) is 29.2 Å². The first-order valence-electron chi connectivity index (χ1n) is 9.76. The van der Waals surface area contributed by atoms with Crippen LogP contribution in [0.15, 0.2) is 42.5 Å². The zero-order valence-corrected chi connectivity index (χ0v) is 17.6. The Morgan fingerprint density at radius 3 is 2.72 bits per heavy atom. The fraction of sp³-hybridized carbons (Fsp3) is 0.273. The number of hydrogen-bond donors (Lipinski definition) is 3. The number of alkyl halides is 2.